The number of methoxy groups -OCH3 is 2. The van der Waals surface area contributed by atoms with Gasteiger partial charge in [-0.25, -0.2) is 4.39 Å². The van der Waals surface area contributed by atoms with Gasteiger partial charge < -0.3 is 23.8 Å². The van der Waals surface area contributed by atoms with E-state index in [2.05, 4.69) is 4.90 Å². The number of Topliss-reactive ketones (excluding diaryl/α,β-unsaturated/α-hetero) is 1. The van der Waals surface area contributed by atoms with E-state index in [0.717, 1.165) is 22.8 Å². The highest BCUT2D eigenvalue weighted by Crippen LogP contribution is 2.44. The summed E-state index contributed by atoms with van der Waals surface area (Å²) < 4.78 is 37.2. The number of ketones is 1. The molecular formula is C27H23ClFNO5. The highest BCUT2D eigenvalue weighted by Gasteiger charge is 2.37. The number of carbonyl (C=O) groups is 1. The van der Waals surface area contributed by atoms with Crippen molar-refractivity contribution in [2.24, 2.45) is 0 Å². The number of ether oxygens (including phenoxy) is 4. The fourth-order valence-corrected chi connectivity index (χ4v) is 5.15. The normalized spacial score (nSPS) is 16.8. The average molecular weight is 496 g/mol. The Labute approximate surface area is 207 Å². The van der Waals surface area contributed by atoms with Gasteiger partial charge >= 0.3 is 0 Å². The van der Waals surface area contributed by atoms with Crippen molar-refractivity contribution in [1.82, 2.24) is 4.90 Å². The smallest absolute Gasteiger partial charge is 0.231 e. The molecule has 3 heterocycles. The molecule has 0 spiro atoms. The summed E-state index contributed by atoms with van der Waals surface area (Å²) in [7, 11) is 3.15. The molecule has 3 aromatic rings. The summed E-state index contributed by atoms with van der Waals surface area (Å²) in [6, 6.07) is 13.2. The zero-order chi connectivity index (χ0) is 23.4. The molecule has 3 aliphatic heterocycles. The highest BCUT2D eigenvalue weighted by atomic mass is 35.5. The van der Waals surface area contributed by atoms with E-state index in [1.54, 1.807) is 32.4 Å². The summed E-state index contributed by atoms with van der Waals surface area (Å²) in [6.07, 6.45) is 2.77. The lowest BCUT2D eigenvalue weighted by Gasteiger charge is -2.40. The van der Waals surface area contributed by atoms with Crippen LogP contribution in [0.25, 0.3) is 11.8 Å². The second-order valence-corrected chi connectivity index (χ2v) is 8.41. The zero-order valence-electron chi connectivity index (χ0n) is 19.2. The Kier molecular flexibility index (Phi) is 5.81. The Morgan fingerprint density at radius 2 is 1.83 bits per heavy atom. The largest absolute Gasteiger partial charge is 0.493 e. The molecular weight excluding hydrogens is 473 g/mol. The Bertz CT molecular complexity index is 1470. The first-order valence-corrected chi connectivity index (χ1v) is 11.0. The van der Waals surface area contributed by atoms with Crippen molar-refractivity contribution in [3.8, 4) is 23.0 Å². The van der Waals surface area contributed by atoms with Crippen LogP contribution < -0.4 is 29.4 Å². The van der Waals surface area contributed by atoms with Crippen LogP contribution in [-0.2, 0) is 6.42 Å². The maximum atomic E-state index is 14.8. The van der Waals surface area contributed by atoms with Crippen LogP contribution >= 0.6 is 12.4 Å². The minimum Gasteiger partial charge on any atom is -0.493 e. The van der Waals surface area contributed by atoms with Crippen molar-refractivity contribution in [2.75, 3.05) is 27.6 Å². The number of nitrogens with zero attached hydrogens (tertiary/aromatic N) is 1. The van der Waals surface area contributed by atoms with Crippen molar-refractivity contribution in [1.29, 1.82) is 0 Å². The van der Waals surface area contributed by atoms with E-state index in [1.165, 1.54) is 12.1 Å². The number of hydrogen-bond acceptors (Lipinski definition) is 6. The van der Waals surface area contributed by atoms with Crippen molar-refractivity contribution in [3.05, 3.63) is 81.5 Å². The van der Waals surface area contributed by atoms with Crippen LogP contribution in [0.3, 0.4) is 0 Å². The molecule has 6 nitrogen and oxygen atoms in total. The molecule has 8 heteroatoms. The van der Waals surface area contributed by atoms with Gasteiger partial charge in [0, 0.05) is 23.5 Å². The summed E-state index contributed by atoms with van der Waals surface area (Å²) >= 11 is 0. The number of carbonyl (C=O) groups excluding carboxylic acids is 1. The molecule has 0 amide bonds. The Hall–Kier alpha value is -3.71. The van der Waals surface area contributed by atoms with Gasteiger partial charge in [-0.05, 0) is 59.2 Å². The summed E-state index contributed by atoms with van der Waals surface area (Å²) in [5, 5.41) is 1.43. The van der Waals surface area contributed by atoms with Gasteiger partial charge in [-0.1, -0.05) is 12.1 Å². The van der Waals surface area contributed by atoms with E-state index in [0.29, 0.717) is 40.3 Å². The third-order valence-electron chi connectivity index (χ3n) is 6.71. The van der Waals surface area contributed by atoms with Gasteiger partial charge in [-0.3, -0.25) is 4.79 Å². The lowest BCUT2D eigenvalue weighted by molar-refractivity contribution is 0.103. The number of hydrogen-bond donors (Lipinski definition) is 0. The summed E-state index contributed by atoms with van der Waals surface area (Å²) in [5.74, 6) is 1.55. The van der Waals surface area contributed by atoms with Crippen molar-refractivity contribution >= 4 is 30.0 Å². The van der Waals surface area contributed by atoms with E-state index in [-0.39, 0.29) is 30.5 Å². The third kappa shape index (κ3) is 3.49. The molecule has 0 saturated heterocycles. The lowest BCUT2D eigenvalue weighted by atomic mass is 9.82. The molecule has 3 aromatic carbocycles. The fraction of sp³-hybridized carbons (Fsp3) is 0.222. The van der Waals surface area contributed by atoms with Crippen LogP contribution in [0.1, 0.15) is 27.5 Å². The summed E-state index contributed by atoms with van der Waals surface area (Å²) in [5.41, 5.74) is 2.56. The van der Waals surface area contributed by atoms with Gasteiger partial charge in [0.1, 0.15) is 5.82 Å². The Morgan fingerprint density at radius 3 is 2.57 bits per heavy atom. The molecule has 1 unspecified atom stereocenters. The summed E-state index contributed by atoms with van der Waals surface area (Å²) in [6.45, 7) is 0.842. The number of fused-ring (bicyclic) bond motifs is 5. The van der Waals surface area contributed by atoms with Crippen LogP contribution in [0.2, 0.25) is 0 Å². The molecule has 1 atom stereocenters. The first-order valence-electron chi connectivity index (χ1n) is 11.0. The van der Waals surface area contributed by atoms with E-state index in [1.807, 2.05) is 24.4 Å². The van der Waals surface area contributed by atoms with Crippen molar-refractivity contribution in [2.45, 2.75) is 12.5 Å². The van der Waals surface area contributed by atoms with E-state index >= 15 is 0 Å². The van der Waals surface area contributed by atoms with Crippen LogP contribution in [0.15, 0.2) is 48.5 Å². The van der Waals surface area contributed by atoms with Crippen LogP contribution in [0, 0.1) is 5.82 Å². The quantitative estimate of drug-likeness (QED) is 0.517. The van der Waals surface area contributed by atoms with Gasteiger partial charge in [0.2, 0.25) is 6.79 Å². The Morgan fingerprint density at radius 1 is 1.06 bits per heavy atom. The SMILES string of the molecule is COc1ccc2c(c1OC)=CN1CCc3cc4c(cc3C1C=2C(=O)c1ccccc1F)OCO4.Cl. The van der Waals surface area contributed by atoms with Crippen LogP contribution in [0.4, 0.5) is 4.39 Å². The molecule has 3 aliphatic rings. The van der Waals surface area contributed by atoms with Crippen LogP contribution in [-0.4, -0.2) is 38.2 Å². The standard InChI is InChI=1S/C27H22FNO5.ClH/c1-31-21-8-7-16-19(27(21)32-2)13-29-10-9-15-11-22-23(34-14-33-22)12-18(15)25(29)24(16)26(30)17-5-3-4-6-20(17)28;/h3-8,11-13,25H,9-10,14H2,1-2H3;1H. The average Bonchev–Trinajstić information content (AvgIpc) is 3.32. The predicted octanol–water partition coefficient (Wildman–Crippen LogP) is 3.38. The molecule has 0 N–H and O–H groups in total. The lowest BCUT2D eigenvalue weighted by Crippen LogP contribution is -2.46. The monoisotopic (exact) mass is 495 g/mol. The second-order valence-electron chi connectivity index (χ2n) is 8.41. The van der Waals surface area contributed by atoms with E-state index < -0.39 is 11.9 Å². The Balaban J connectivity index is 0.00000253. The minimum absolute atomic E-state index is 0. The second kappa shape index (κ2) is 8.82. The van der Waals surface area contributed by atoms with Gasteiger partial charge in [0.25, 0.3) is 0 Å². The van der Waals surface area contributed by atoms with Crippen molar-refractivity contribution in [3.63, 3.8) is 0 Å². The van der Waals surface area contributed by atoms with Gasteiger partial charge in [-0.15, -0.1) is 12.4 Å². The van der Waals surface area contributed by atoms with Gasteiger partial charge in [0.15, 0.2) is 28.8 Å². The maximum absolute atomic E-state index is 14.8. The number of benzene rings is 3. The first kappa shape index (κ1) is 23.1. The molecule has 0 aliphatic carbocycles. The van der Waals surface area contributed by atoms with E-state index in [4.69, 9.17) is 18.9 Å². The molecule has 0 radical (unpaired) electrons. The predicted molar refractivity (Wildman–Crippen MR) is 130 cm³/mol. The maximum Gasteiger partial charge on any atom is 0.231 e. The van der Waals surface area contributed by atoms with E-state index in [9.17, 15) is 9.18 Å². The number of rotatable bonds is 4. The topological polar surface area (TPSA) is 57.2 Å². The molecule has 0 saturated carbocycles. The third-order valence-corrected chi connectivity index (χ3v) is 6.71. The summed E-state index contributed by atoms with van der Waals surface area (Å²) in [4.78, 5) is 16.1. The molecule has 180 valence electrons. The highest BCUT2D eigenvalue weighted by molar-refractivity contribution is 6.26. The number of halogens is 2. The fourth-order valence-electron chi connectivity index (χ4n) is 5.15. The molecule has 0 aromatic heterocycles. The van der Waals surface area contributed by atoms with Gasteiger partial charge in [0.05, 0.1) is 25.8 Å². The van der Waals surface area contributed by atoms with Crippen molar-refractivity contribution < 1.29 is 28.1 Å². The molecule has 6 rings (SSSR count). The zero-order valence-corrected chi connectivity index (χ0v) is 20.0. The minimum atomic E-state index is -0.551. The molecule has 0 fully saturated rings. The van der Waals surface area contributed by atoms with Crippen LogP contribution in [0.5, 0.6) is 23.0 Å². The van der Waals surface area contributed by atoms with Gasteiger partial charge in [-0.2, -0.15) is 0 Å². The first-order chi connectivity index (χ1) is 16.6. The molecule has 35 heavy (non-hydrogen) atoms. The molecule has 0 bridgehead atoms.